The largest absolute Gasteiger partial charge is 0.412 e. The van der Waals surface area contributed by atoms with Gasteiger partial charge < -0.3 is 4.42 Å². The summed E-state index contributed by atoms with van der Waals surface area (Å²) in [5, 5.41) is 6.75. The van der Waals surface area contributed by atoms with Crippen molar-refractivity contribution >= 4 is 27.1 Å². The Hall–Kier alpha value is -2.18. The third-order valence-corrected chi connectivity index (χ3v) is 6.00. The Balaban J connectivity index is 1.80. The summed E-state index contributed by atoms with van der Waals surface area (Å²) in [5.74, 6) is -1.28. The van der Waals surface area contributed by atoms with E-state index in [9.17, 15) is 21.6 Å². The van der Waals surface area contributed by atoms with Gasteiger partial charge in [0.05, 0.1) is 22.3 Å². The molecular formula is C14H11ClF3N5O3S. The number of nitrogens with zero attached hydrogens (tertiary/aromatic N) is 4. The Morgan fingerprint density at radius 1 is 1.37 bits per heavy atom. The van der Waals surface area contributed by atoms with E-state index < -0.39 is 34.6 Å². The number of hydrogen-bond acceptors (Lipinski definition) is 6. The maximum absolute atomic E-state index is 13.1. The predicted octanol–water partition coefficient (Wildman–Crippen LogP) is 2.76. The van der Waals surface area contributed by atoms with Gasteiger partial charge in [0.1, 0.15) is 11.6 Å². The highest BCUT2D eigenvalue weighted by Gasteiger charge is 2.46. The highest BCUT2D eigenvalue weighted by molar-refractivity contribution is 7.89. The zero-order chi connectivity index (χ0) is 19.4. The second-order valence-electron chi connectivity index (χ2n) is 6.13. The number of imidazole rings is 1. The van der Waals surface area contributed by atoms with Crippen LogP contribution in [0.4, 0.5) is 13.2 Å². The highest BCUT2D eigenvalue weighted by atomic mass is 35.5. The molecule has 27 heavy (non-hydrogen) atoms. The normalized spacial score (nSPS) is 16.3. The Kier molecular flexibility index (Phi) is 4.16. The Morgan fingerprint density at radius 2 is 2.11 bits per heavy atom. The number of pyridine rings is 1. The minimum absolute atomic E-state index is 0.0373. The first kappa shape index (κ1) is 18.2. The van der Waals surface area contributed by atoms with Gasteiger partial charge in [-0.25, -0.2) is 22.5 Å². The molecule has 1 aliphatic carbocycles. The van der Waals surface area contributed by atoms with Gasteiger partial charge in [-0.05, 0) is 18.9 Å². The van der Waals surface area contributed by atoms with Gasteiger partial charge >= 0.3 is 6.43 Å². The average Bonchev–Trinajstić information content (AvgIpc) is 3.03. The van der Waals surface area contributed by atoms with E-state index in [2.05, 4.69) is 19.9 Å². The van der Waals surface area contributed by atoms with Gasteiger partial charge in [0.2, 0.25) is 15.8 Å². The van der Waals surface area contributed by atoms with E-state index in [-0.39, 0.29) is 21.6 Å². The summed E-state index contributed by atoms with van der Waals surface area (Å²) in [6.45, 7) is -0.822. The van der Waals surface area contributed by atoms with Crippen LogP contribution in [-0.2, 0) is 10.0 Å². The van der Waals surface area contributed by atoms with Gasteiger partial charge in [0.25, 0.3) is 11.8 Å². The van der Waals surface area contributed by atoms with Crippen LogP contribution in [0.25, 0.3) is 17.2 Å². The average molecular weight is 422 g/mol. The van der Waals surface area contributed by atoms with Crippen LogP contribution in [0.2, 0.25) is 5.02 Å². The predicted molar refractivity (Wildman–Crippen MR) is 86.7 cm³/mol. The quantitative estimate of drug-likeness (QED) is 0.656. The van der Waals surface area contributed by atoms with Crippen LogP contribution in [0.15, 0.2) is 27.8 Å². The summed E-state index contributed by atoms with van der Waals surface area (Å²) in [6, 6.07) is 1.19. The molecule has 0 saturated heterocycles. The lowest BCUT2D eigenvalue weighted by atomic mass is 10.3. The van der Waals surface area contributed by atoms with Gasteiger partial charge in [0.15, 0.2) is 0 Å². The molecule has 1 aliphatic rings. The van der Waals surface area contributed by atoms with E-state index in [1.54, 1.807) is 0 Å². The van der Waals surface area contributed by atoms with Gasteiger partial charge in [-0.3, -0.25) is 4.40 Å². The summed E-state index contributed by atoms with van der Waals surface area (Å²) in [4.78, 5) is 3.74. The van der Waals surface area contributed by atoms with Crippen molar-refractivity contribution < 1.29 is 26.0 Å². The lowest BCUT2D eigenvalue weighted by Crippen LogP contribution is -2.38. The van der Waals surface area contributed by atoms with Crippen LogP contribution in [0.3, 0.4) is 0 Å². The zero-order valence-corrected chi connectivity index (χ0v) is 14.9. The van der Waals surface area contributed by atoms with Crippen molar-refractivity contribution in [2.45, 2.75) is 29.7 Å². The Labute approximate surface area is 155 Å². The molecule has 0 amide bonds. The molecule has 0 radical (unpaired) electrons. The van der Waals surface area contributed by atoms with E-state index in [4.69, 9.17) is 16.0 Å². The molecule has 0 unspecified atom stereocenters. The first-order valence-electron chi connectivity index (χ1n) is 7.63. The molecule has 8 nitrogen and oxygen atoms in total. The molecule has 0 atom stereocenters. The molecule has 0 aliphatic heterocycles. The van der Waals surface area contributed by atoms with Crippen molar-refractivity contribution in [2.24, 2.45) is 0 Å². The van der Waals surface area contributed by atoms with Crippen LogP contribution >= 0.6 is 11.6 Å². The third kappa shape index (κ3) is 3.17. The van der Waals surface area contributed by atoms with Crippen LogP contribution < -0.4 is 4.72 Å². The van der Waals surface area contributed by atoms with E-state index in [0.717, 1.165) is 0 Å². The minimum Gasteiger partial charge on any atom is -0.412 e. The van der Waals surface area contributed by atoms with Gasteiger partial charge in [0, 0.05) is 6.20 Å². The molecule has 3 heterocycles. The number of alkyl halides is 3. The smallest absolute Gasteiger partial charge is 0.314 e. The van der Waals surface area contributed by atoms with Crippen molar-refractivity contribution in [3.8, 4) is 11.7 Å². The minimum atomic E-state index is -4.08. The van der Waals surface area contributed by atoms with E-state index in [0.29, 0.717) is 18.4 Å². The maximum atomic E-state index is 13.1. The monoisotopic (exact) mass is 421 g/mol. The van der Waals surface area contributed by atoms with E-state index in [1.807, 2.05) is 0 Å². The summed E-state index contributed by atoms with van der Waals surface area (Å²) in [6.07, 6.45) is 0.307. The molecule has 1 fully saturated rings. The zero-order valence-electron chi connectivity index (χ0n) is 13.4. The summed E-state index contributed by atoms with van der Waals surface area (Å²) in [7, 11) is -4.08. The molecule has 3 aromatic rings. The maximum Gasteiger partial charge on any atom is 0.314 e. The molecule has 144 valence electrons. The van der Waals surface area contributed by atoms with Crippen molar-refractivity contribution in [3.05, 3.63) is 29.4 Å². The fourth-order valence-electron chi connectivity index (χ4n) is 2.51. The summed E-state index contributed by atoms with van der Waals surface area (Å²) < 4.78 is 72.0. The molecule has 0 aromatic carbocycles. The standard InChI is InChI=1S/C14H11ClF3N5O3S/c15-8-3-7(27(24,25)22-14(6-16)1-2-14)5-23-9(8)4-19-11(23)13-21-20-12(26-13)10(17)18/h3-5,10,22H,1-2,6H2. The number of hydrogen-bond donors (Lipinski definition) is 1. The first-order chi connectivity index (χ1) is 12.7. The molecule has 0 bridgehead atoms. The molecule has 4 rings (SSSR count). The molecule has 3 aromatic heterocycles. The van der Waals surface area contributed by atoms with Crippen LogP contribution in [-0.4, -0.2) is 40.2 Å². The topological polar surface area (TPSA) is 102 Å². The molecular weight excluding hydrogens is 411 g/mol. The second kappa shape index (κ2) is 6.17. The number of nitrogens with one attached hydrogen (secondary N) is 1. The first-order valence-corrected chi connectivity index (χ1v) is 9.49. The molecule has 0 spiro atoms. The highest BCUT2D eigenvalue weighted by Crippen LogP contribution is 2.37. The summed E-state index contributed by atoms with van der Waals surface area (Å²) >= 11 is 6.13. The van der Waals surface area contributed by atoms with Gasteiger partial charge in [-0.15, -0.1) is 10.2 Å². The van der Waals surface area contributed by atoms with Crippen LogP contribution in [0.5, 0.6) is 0 Å². The number of aromatic nitrogens is 4. The van der Waals surface area contributed by atoms with Crippen LogP contribution in [0.1, 0.15) is 25.2 Å². The number of halogens is 4. The SMILES string of the molecule is O=S(=O)(NC1(CF)CC1)c1cc(Cl)c2cnc(-c3nnc(C(F)F)o3)n2c1. The van der Waals surface area contributed by atoms with Crippen molar-refractivity contribution in [2.75, 3.05) is 6.67 Å². The molecule has 13 heteroatoms. The number of sulfonamides is 1. The van der Waals surface area contributed by atoms with Gasteiger partial charge in [-0.1, -0.05) is 11.6 Å². The fourth-order valence-corrected chi connectivity index (χ4v) is 4.29. The Bertz CT molecular complexity index is 1130. The van der Waals surface area contributed by atoms with Crippen LogP contribution in [0, 0.1) is 0 Å². The van der Waals surface area contributed by atoms with Crippen molar-refractivity contribution in [1.82, 2.24) is 24.3 Å². The molecule has 1 N–H and O–H groups in total. The van der Waals surface area contributed by atoms with E-state index >= 15 is 0 Å². The van der Waals surface area contributed by atoms with E-state index in [1.165, 1.54) is 22.9 Å². The summed E-state index contributed by atoms with van der Waals surface area (Å²) in [5.41, 5.74) is -0.787. The number of fused-ring (bicyclic) bond motifs is 1. The fraction of sp³-hybridized carbons (Fsp3) is 0.357. The third-order valence-electron chi connectivity index (χ3n) is 4.16. The lowest BCUT2D eigenvalue weighted by Gasteiger charge is -2.14. The number of rotatable bonds is 6. The lowest BCUT2D eigenvalue weighted by molar-refractivity contribution is 0.116. The van der Waals surface area contributed by atoms with Gasteiger partial charge in [-0.2, -0.15) is 8.78 Å². The Morgan fingerprint density at radius 3 is 2.70 bits per heavy atom. The second-order valence-corrected chi connectivity index (χ2v) is 8.22. The molecule has 1 saturated carbocycles. The van der Waals surface area contributed by atoms with Crippen molar-refractivity contribution in [3.63, 3.8) is 0 Å². The van der Waals surface area contributed by atoms with Crippen molar-refractivity contribution in [1.29, 1.82) is 0 Å².